The number of hydrogen-bond acceptors (Lipinski definition) is 6. The largest absolute Gasteiger partial charge is 0.508 e. The maximum Gasteiger partial charge on any atom is 0.394 e. The van der Waals surface area contributed by atoms with Crippen LogP contribution in [0.25, 0.3) is 0 Å². The van der Waals surface area contributed by atoms with Gasteiger partial charge in [0.05, 0.1) is 0 Å². The molecule has 0 saturated carbocycles. The van der Waals surface area contributed by atoms with E-state index in [2.05, 4.69) is 27.0 Å². The first-order valence-electron chi connectivity index (χ1n) is 9.13. The molecule has 0 aliphatic rings. The fraction of sp³-hybridized carbons (Fsp3) is 0.421. The van der Waals surface area contributed by atoms with E-state index in [1.807, 2.05) is 38.5 Å². The number of hydrogen-bond donors (Lipinski definition) is 5. The number of thiophene rings is 1. The van der Waals surface area contributed by atoms with Crippen molar-refractivity contribution in [1.82, 2.24) is 15.5 Å². The number of carbonyl (C=O) groups excluding carboxylic acids is 1. The zero-order valence-corrected chi connectivity index (χ0v) is 18.8. The first-order chi connectivity index (χ1) is 13.9. The van der Waals surface area contributed by atoms with Crippen molar-refractivity contribution in [1.29, 1.82) is 0 Å². The molecule has 2 rings (SSSR count). The van der Waals surface area contributed by atoms with Crippen molar-refractivity contribution < 1.29 is 27.4 Å². The van der Waals surface area contributed by atoms with Crippen molar-refractivity contribution in [3.63, 3.8) is 0 Å². The molecule has 9 nitrogen and oxygen atoms in total. The molecule has 2 aromatic rings. The molecule has 11 heteroatoms. The van der Waals surface area contributed by atoms with Gasteiger partial charge >= 0.3 is 16.4 Å². The lowest BCUT2D eigenvalue weighted by molar-refractivity contribution is 0.229. The number of amides is 2. The molecule has 0 saturated heterocycles. The Bertz CT molecular complexity index is 847. The quantitative estimate of drug-likeness (QED) is 0.381. The van der Waals surface area contributed by atoms with Gasteiger partial charge in [-0.15, -0.1) is 0 Å². The van der Waals surface area contributed by atoms with Crippen molar-refractivity contribution in [2.75, 3.05) is 20.6 Å². The second-order valence-electron chi connectivity index (χ2n) is 7.03. The van der Waals surface area contributed by atoms with Crippen molar-refractivity contribution in [3.8, 4) is 5.75 Å². The number of phenolic OH excluding ortho intramolecular Hbond substituents is 1. The van der Waals surface area contributed by atoms with E-state index in [1.54, 1.807) is 23.5 Å². The Morgan fingerprint density at radius 3 is 2.20 bits per heavy atom. The van der Waals surface area contributed by atoms with Gasteiger partial charge < -0.3 is 20.6 Å². The Balaban J connectivity index is 0.000000804. The number of rotatable bonds is 8. The molecule has 0 spiro atoms. The van der Waals surface area contributed by atoms with Gasteiger partial charge in [-0.1, -0.05) is 12.1 Å². The minimum atomic E-state index is -4.67. The van der Waals surface area contributed by atoms with Crippen LogP contribution in [0.5, 0.6) is 5.75 Å². The molecule has 5 N–H and O–H groups in total. The fourth-order valence-corrected chi connectivity index (χ4v) is 3.32. The van der Waals surface area contributed by atoms with E-state index in [0.717, 1.165) is 18.4 Å². The predicted molar refractivity (Wildman–Crippen MR) is 117 cm³/mol. The Morgan fingerprint density at radius 1 is 1.10 bits per heavy atom. The third-order valence-electron chi connectivity index (χ3n) is 4.14. The molecular weight excluding hydrogens is 430 g/mol. The van der Waals surface area contributed by atoms with Gasteiger partial charge in [-0.3, -0.25) is 9.11 Å². The highest BCUT2D eigenvalue weighted by molar-refractivity contribution is 7.79. The van der Waals surface area contributed by atoms with Crippen molar-refractivity contribution >= 4 is 27.8 Å². The van der Waals surface area contributed by atoms with Crippen LogP contribution in [0.4, 0.5) is 4.79 Å². The summed E-state index contributed by atoms with van der Waals surface area (Å²) in [7, 11) is -0.659. The highest BCUT2D eigenvalue weighted by atomic mass is 32.3. The standard InChI is InChI=1S/C19H27N3O2S.H2O4S/c1-14(10-16-8-9-25-13-16)21-19(24)20-12-17(22(2)3)11-15-4-6-18(23)7-5-15;1-5(2,3)4/h4-9,13-14,17,23H,10-12H2,1-3H3,(H2,20,21,24);(H2,1,2,3,4)/t14-,17-;/m0./s1. The Hall–Kier alpha value is -2.18. The van der Waals surface area contributed by atoms with Crippen LogP contribution < -0.4 is 10.6 Å². The maximum absolute atomic E-state index is 12.1. The summed E-state index contributed by atoms with van der Waals surface area (Å²) >= 11 is 1.67. The minimum absolute atomic E-state index is 0.0875. The van der Waals surface area contributed by atoms with E-state index >= 15 is 0 Å². The van der Waals surface area contributed by atoms with Crippen LogP contribution in [0.2, 0.25) is 0 Å². The van der Waals surface area contributed by atoms with Crippen molar-refractivity contribution in [2.24, 2.45) is 0 Å². The molecular formula is C19H29N3O6S2. The van der Waals surface area contributed by atoms with E-state index in [-0.39, 0.29) is 23.9 Å². The summed E-state index contributed by atoms with van der Waals surface area (Å²) in [6.07, 6.45) is 1.64. The first-order valence-corrected chi connectivity index (χ1v) is 11.5. The lowest BCUT2D eigenvalue weighted by Gasteiger charge is -2.25. The summed E-state index contributed by atoms with van der Waals surface area (Å²) in [5, 5.41) is 19.5. The van der Waals surface area contributed by atoms with E-state index in [0.29, 0.717) is 6.54 Å². The Labute approximate surface area is 181 Å². The molecule has 1 aromatic carbocycles. The molecule has 0 aliphatic carbocycles. The van der Waals surface area contributed by atoms with Gasteiger partial charge in [0.1, 0.15) is 5.75 Å². The Kier molecular flexibility index (Phi) is 10.8. The van der Waals surface area contributed by atoms with Crippen LogP contribution in [0.15, 0.2) is 41.1 Å². The number of likely N-dealkylation sites (N-methyl/N-ethyl adjacent to an activating group) is 1. The molecule has 0 fully saturated rings. The molecule has 168 valence electrons. The molecule has 0 aliphatic heterocycles. The highest BCUT2D eigenvalue weighted by Gasteiger charge is 2.15. The topological polar surface area (TPSA) is 139 Å². The van der Waals surface area contributed by atoms with Gasteiger partial charge in [-0.05, 0) is 73.9 Å². The van der Waals surface area contributed by atoms with Crippen LogP contribution in [-0.4, -0.2) is 66.3 Å². The SMILES string of the molecule is C[C@@H](Cc1ccsc1)NC(=O)NC[C@H](Cc1ccc(O)cc1)N(C)C.O=S(=O)(O)O. The van der Waals surface area contributed by atoms with E-state index in [4.69, 9.17) is 17.5 Å². The van der Waals surface area contributed by atoms with Gasteiger partial charge in [-0.25, -0.2) is 4.79 Å². The third kappa shape index (κ3) is 12.4. The van der Waals surface area contributed by atoms with Crippen LogP contribution in [0.3, 0.4) is 0 Å². The molecule has 30 heavy (non-hydrogen) atoms. The molecule has 2 atom stereocenters. The van der Waals surface area contributed by atoms with Crippen LogP contribution >= 0.6 is 11.3 Å². The van der Waals surface area contributed by atoms with E-state index in [9.17, 15) is 9.90 Å². The Morgan fingerprint density at radius 2 is 1.70 bits per heavy atom. The van der Waals surface area contributed by atoms with Crippen molar-refractivity contribution in [3.05, 3.63) is 52.2 Å². The maximum atomic E-state index is 12.1. The lowest BCUT2D eigenvalue weighted by Crippen LogP contribution is -2.47. The number of benzene rings is 1. The van der Waals surface area contributed by atoms with E-state index < -0.39 is 10.4 Å². The molecule has 0 radical (unpaired) electrons. The number of carbonyl (C=O) groups is 1. The average Bonchev–Trinajstić information content (AvgIpc) is 3.11. The molecule has 1 heterocycles. The summed E-state index contributed by atoms with van der Waals surface area (Å²) in [6.45, 7) is 2.57. The van der Waals surface area contributed by atoms with E-state index in [1.165, 1.54) is 5.56 Å². The molecule has 0 bridgehead atoms. The molecule has 1 aromatic heterocycles. The average molecular weight is 460 g/mol. The molecule has 2 amide bonds. The minimum Gasteiger partial charge on any atom is -0.508 e. The highest BCUT2D eigenvalue weighted by Crippen LogP contribution is 2.12. The smallest absolute Gasteiger partial charge is 0.394 e. The first kappa shape index (κ1) is 25.9. The zero-order valence-electron chi connectivity index (χ0n) is 17.1. The summed E-state index contributed by atoms with van der Waals surface area (Å²) in [6, 6.07) is 9.42. The van der Waals surface area contributed by atoms with Crippen molar-refractivity contribution in [2.45, 2.75) is 31.8 Å². The third-order valence-corrected chi connectivity index (χ3v) is 4.87. The van der Waals surface area contributed by atoms with Crippen LogP contribution in [0.1, 0.15) is 18.1 Å². The zero-order chi connectivity index (χ0) is 22.7. The summed E-state index contributed by atoms with van der Waals surface area (Å²) in [5.74, 6) is 0.266. The summed E-state index contributed by atoms with van der Waals surface area (Å²) in [4.78, 5) is 14.2. The number of aromatic hydroxyl groups is 1. The summed E-state index contributed by atoms with van der Waals surface area (Å²) < 4.78 is 31.6. The predicted octanol–water partition coefficient (Wildman–Crippen LogP) is 2.20. The second kappa shape index (κ2) is 12.5. The van der Waals surface area contributed by atoms with Gasteiger partial charge in [0.15, 0.2) is 0 Å². The van der Waals surface area contributed by atoms with Crippen LogP contribution in [-0.2, 0) is 23.2 Å². The molecule has 0 unspecified atom stereocenters. The fourth-order valence-electron chi connectivity index (χ4n) is 2.64. The van der Waals surface area contributed by atoms with Gasteiger partial charge in [-0.2, -0.15) is 19.8 Å². The summed E-state index contributed by atoms with van der Waals surface area (Å²) in [5.41, 5.74) is 2.38. The number of nitrogens with one attached hydrogen (secondary N) is 2. The normalized spacial score (nSPS) is 13.1. The van der Waals surface area contributed by atoms with Gasteiger partial charge in [0.25, 0.3) is 0 Å². The monoisotopic (exact) mass is 459 g/mol. The van der Waals surface area contributed by atoms with Gasteiger partial charge in [0.2, 0.25) is 0 Å². The number of urea groups is 1. The number of phenols is 1. The lowest BCUT2D eigenvalue weighted by atomic mass is 10.0. The van der Waals surface area contributed by atoms with Gasteiger partial charge in [0, 0.05) is 18.6 Å². The number of nitrogens with zero attached hydrogens (tertiary/aromatic N) is 1. The second-order valence-corrected chi connectivity index (χ2v) is 8.70. The van der Waals surface area contributed by atoms with Crippen LogP contribution in [0, 0.1) is 0 Å².